The topological polar surface area (TPSA) is 59.4 Å². The van der Waals surface area contributed by atoms with E-state index in [1.807, 2.05) is 36.6 Å². The maximum absolute atomic E-state index is 12.4. The van der Waals surface area contributed by atoms with Crippen LogP contribution in [0.25, 0.3) is 0 Å². The van der Waals surface area contributed by atoms with Crippen LogP contribution in [0, 0.1) is 0 Å². The molecule has 1 aliphatic rings. The van der Waals surface area contributed by atoms with Crippen LogP contribution in [-0.4, -0.2) is 46.4 Å². The van der Waals surface area contributed by atoms with Gasteiger partial charge in [0.25, 0.3) is 0 Å². The molecule has 2 amide bonds. The highest BCUT2D eigenvalue weighted by Crippen LogP contribution is 2.26. The van der Waals surface area contributed by atoms with Crippen molar-refractivity contribution < 1.29 is 9.53 Å². The lowest BCUT2D eigenvalue weighted by atomic mass is 10.1. The molecule has 6 nitrogen and oxygen atoms in total. The predicted octanol–water partition coefficient (Wildman–Crippen LogP) is 2.59. The number of amides is 2. The minimum Gasteiger partial charge on any atom is -0.367 e. The monoisotopic (exact) mass is 348 g/mol. The van der Waals surface area contributed by atoms with Gasteiger partial charge in [-0.05, 0) is 47.7 Å². The van der Waals surface area contributed by atoms with E-state index in [4.69, 9.17) is 4.74 Å². The molecule has 0 bridgehead atoms. The van der Waals surface area contributed by atoms with Crippen molar-refractivity contribution in [2.75, 3.05) is 19.6 Å². The number of hydrogen-bond donors (Lipinski definition) is 1. The van der Waals surface area contributed by atoms with Crippen molar-refractivity contribution in [2.24, 2.45) is 7.05 Å². The van der Waals surface area contributed by atoms with E-state index in [9.17, 15) is 4.79 Å². The zero-order valence-corrected chi connectivity index (χ0v) is 15.0. The second-order valence-corrected chi connectivity index (χ2v) is 7.03. The Balaban J connectivity index is 1.45. The van der Waals surface area contributed by atoms with Crippen molar-refractivity contribution in [3.63, 3.8) is 0 Å². The predicted molar refractivity (Wildman–Crippen MR) is 94.1 cm³/mol. The number of nitrogens with zero attached hydrogens (tertiary/aromatic N) is 3. The van der Waals surface area contributed by atoms with E-state index in [1.54, 1.807) is 16.0 Å². The molecule has 0 aromatic carbocycles. The van der Waals surface area contributed by atoms with Crippen molar-refractivity contribution in [1.29, 1.82) is 0 Å². The maximum Gasteiger partial charge on any atom is 0.317 e. The fourth-order valence-electron chi connectivity index (χ4n) is 2.96. The van der Waals surface area contributed by atoms with Gasteiger partial charge in [0.2, 0.25) is 0 Å². The molecule has 1 saturated heterocycles. The molecule has 1 aliphatic heterocycles. The first-order valence-corrected chi connectivity index (χ1v) is 9.24. The van der Waals surface area contributed by atoms with Gasteiger partial charge in [-0.3, -0.25) is 4.68 Å². The third kappa shape index (κ3) is 4.36. The zero-order chi connectivity index (χ0) is 16.9. The van der Waals surface area contributed by atoms with Gasteiger partial charge in [-0.15, -0.1) is 0 Å². The number of urea groups is 1. The summed E-state index contributed by atoms with van der Waals surface area (Å²) >= 11 is 1.65. The zero-order valence-electron chi connectivity index (χ0n) is 14.1. The second-order valence-electron chi connectivity index (χ2n) is 6.25. The van der Waals surface area contributed by atoms with Crippen LogP contribution >= 0.6 is 11.3 Å². The Kier molecular flexibility index (Phi) is 5.52. The molecule has 3 heterocycles. The quantitative estimate of drug-likeness (QED) is 0.845. The summed E-state index contributed by atoms with van der Waals surface area (Å²) in [6, 6.07) is 2.06. The summed E-state index contributed by atoms with van der Waals surface area (Å²) in [4.78, 5) is 14.3. The molecule has 0 radical (unpaired) electrons. The van der Waals surface area contributed by atoms with E-state index in [-0.39, 0.29) is 18.2 Å². The Bertz CT molecular complexity index is 655. The number of carbonyl (C=O) groups excluding carboxylic acids is 1. The van der Waals surface area contributed by atoms with Crippen molar-refractivity contribution in [2.45, 2.75) is 32.0 Å². The van der Waals surface area contributed by atoms with Gasteiger partial charge in [0.1, 0.15) is 6.10 Å². The highest BCUT2D eigenvalue weighted by Gasteiger charge is 2.29. The molecule has 0 unspecified atom stereocenters. The molecule has 2 atom stereocenters. The second kappa shape index (κ2) is 7.81. The Hall–Kier alpha value is -1.86. The van der Waals surface area contributed by atoms with Gasteiger partial charge in [-0.2, -0.15) is 16.4 Å². The Labute approximate surface area is 146 Å². The van der Waals surface area contributed by atoms with Crippen molar-refractivity contribution in [3.05, 3.63) is 40.3 Å². The van der Waals surface area contributed by atoms with E-state index in [0.717, 1.165) is 18.4 Å². The van der Waals surface area contributed by atoms with Crippen LogP contribution in [0.5, 0.6) is 0 Å². The number of aromatic nitrogens is 2. The molecule has 1 N–H and O–H groups in total. The number of ether oxygens (including phenoxy) is 1. The van der Waals surface area contributed by atoms with E-state index in [1.165, 1.54) is 5.56 Å². The lowest BCUT2D eigenvalue weighted by Gasteiger charge is -2.36. The number of aryl methyl sites for hydroxylation is 2. The molecule has 130 valence electrons. The van der Waals surface area contributed by atoms with Gasteiger partial charge in [0.15, 0.2) is 0 Å². The molecule has 7 heteroatoms. The van der Waals surface area contributed by atoms with Crippen LogP contribution in [0.3, 0.4) is 0 Å². The number of carbonyl (C=O) groups is 1. The number of morpholine rings is 1. The molecule has 0 spiro atoms. The van der Waals surface area contributed by atoms with E-state index >= 15 is 0 Å². The van der Waals surface area contributed by atoms with Crippen LogP contribution < -0.4 is 5.32 Å². The molecule has 2 aromatic heterocycles. The molecule has 0 saturated carbocycles. The normalized spacial score (nSPS) is 21.0. The fraction of sp³-hybridized carbons (Fsp3) is 0.529. The highest BCUT2D eigenvalue weighted by atomic mass is 32.1. The SMILES string of the molecule is C[C@@H]1CN(C(=O)NCCCc2cnn(C)c2)C[C@@H](c2ccsc2)O1. The van der Waals surface area contributed by atoms with Gasteiger partial charge in [-0.1, -0.05) is 0 Å². The lowest BCUT2D eigenvalue weighted by molar-refractivity contribution is -0.0654. The molecular formula is C17H24N4O2S. The van der Waals surface area contributed by atoms with Crippen molar-refractivity contribution in [3.8, 4) is 0 Å². The van der Waals surface area contributed by atoms with Gasteiger partial charge in [0.05, 0.1) is 18.8 Å². The molecule has 1 fully saturated rings. The number of thiophene rings is 1. The molecule has 0 aliphatic carbocycles. The largest absolute Gasteiger partial charge is 0.367 e. The van der Waals surface area contributed by atoms with Gasteiger partial charge in [-0.25, -0.2) is 4.79 Å². The lowest BCUT2D eigenvalue weighted by Crippen LogP contribution is -2.50. The summed E-state index contributed by atoms with van der Waals surface area (Å²) in [7, 11) is 1.91. The molecule has 24 heavy (non-hydrogen) atoms. The first-order chi connectivity index (χ1) is 11.6. The number of rotatable bonds is 5. The van der Waals surface area contributed by atoms with Crippen LogP contribution in [0.4, 0.5) is 4.79 Å². The Morgan fingerprint density at radius 3 is 3.08 bits per heavy atom. The summed E-state index contributed by atoms with van der Waals surface area (Å²) < 4.78 is 7.77. The third-order valence-corrected chi connectivity index (χ3v) is 4.84. The van der Waals surface area contributed by atoms with Gasteiger partial charge in [0, 0.05) is 26.3 Å². The fourth-order valence-corrected chi connectivity index (χ4v) is 3.66. The summed E-state index contributed by atoms with van der Waals surface area (Å²) in [5.41, 5.74) is 2.35. The standard InChI is InChI=1S/C17H24N4O2S/c1-13-9-21(11-16(23-13)15-5-7-24-12-15)17(22)18-6-3-4-14-8-19-20(2)10-14/h5,7-8,10,12-13,16H,3-4,6,9,11H2,1-2H3,(H,18,22)/t13-,16+/m1/s1. The Morgan fingerprint density at radius 1 is 1.50 bits per heavy atom. The van der Waals surface area contributed by atoms with Crippen molar-refractivity contribution in [1.82, 2.24) is 20.0 Å². The summed E-state index contributed by atoms with van der Waals surface area (Å²) in [5.74, 6) is 0. The minimum absolute atomic E-state index is 0.00318. The summed E-state index contributed by atoms with van der Waals surface area (Å²) in [5, 5.41) is 11.3. The van der Waals surface area contributed by atoms with Gasteiger partial charge < -0.3 is 15.0 Å². The van der Waals surface area contributed by atoms with Crippen molar-refractivity contribution >= 4 is 17.4 Å². The Morgan fingerprint density at radius 2 is 2.38 bits per heavy atom. The van der Waals surface area contributed by atoms with Crippen LogP contribution in [0.2, 0.25) is 0 Å². The van der Waals surface area contributed by atoms with Crippen LogP contribution in [0.1, 0.15) is 30.6 Å². The smallest absolute Gasteiger partial charge is 0.317 e. The summed E-state index contributed by atoms with van der Waals surface area (Å²) in [6.07, 6.45) is 5.73. The minimum atomic E-state index is -0.0267. The third-order valence-electron chi connectivity index (χ3n) is 4.14. The first-order valence-electron chi connectivity index (χ1n) is 8.29. The average molecular weight is 348 g/mol. The molecule has 2 aromatic rings. The van der Waals surface area contributed by atoms with Crippen LogP contribution in [-0.2, 0) is 18.2 Å². The van der Waals surface area contributed by atoms with E-state index < -0.39 is 0 Å². The number of hydrogen-bond acceptors (Lipinski definition) is 4. The average Bonchev–Trinajstić information content (AvgIpc) is 3.22. The first kappa shape index (κ1) is 17.0. The summed E-state index contributed by atoms with van der Waals surface area (Å²) in [6.45, 7) is 3.92. The highest BCUT2D eigenvalue weighted by molar-refractivity contribution is 7.07. The number of nitrogens with one attached hydrogen (secondary N) is 1. The van der Waals surface area contributed by atoms with Crippen LogP contribution in [0.15, 0.2) is 29.2 Å². The van der Waals surface area contributed by atoms with E-state index in [2.05, 4.69) is 21.9 Å². The molecule has 3 rings (SSSR count). The maximum atomic E-state index is 12.4. The van der Waals surface area contributed by atoms with Gasteiger partial charge >= 0.3 is 6.03 Å². The molecular weight excluding hydrogens is 324 g/mol. The van der Waals surface area contributed by atoms with E-state index in [0.29, 0.717) is 19.6 Å².